The van der Waals surface area contributed by atoms with E-state index in [0.29, 0.717) is 22.3 Å². The van der Waals surface area contributed by atoms with Crippen LogP contribution in [0.15, 0.2) is 35.8 Å². The summed E-state index contributed by atoms with van der Waals surface area (Å²) in [7, 11) is 0. The van der Waals surface area contributed by atoms with Crippen LogP contribution < -0.4 is 15.8 Å². The number of pyridine rings is 1. The number of anilines is 3. The van der Waals surface area contributed by atoms with Gasteiger partial charge in [-0.2, -0.15) is 13.2 Å². The molecule has 0 bridgehead atoms. The fourth-order valence-corrected chi connectivity index (χ4v) is 4.07. The van der Waals surface area contributed by atoms with Crippen molar-refractivity contribution < 1.29 is 17.9 Å². The molecule has 1 aromatic carbocycles. The van der Waals surface area contributed by atoms with Crippen LogP contribution >= 0.6 is 11.3 Å². The molecular weight excluding hydrogens is 449 g/mol. The van der Waals surface area contributed by atoms with Crippen molar-refractivity contribution >= 4 is 28.0 Å². The maximum Gasteiger partial charge on any atom is 0.420 e. The van der Waals surface area contributed by atoms with Crippen molar-refractivity contribution in [2.24, 2.45) is 0 Å². The molecule has 178 valence electrons. The summed E-state index contributed by atoms with van der Waals surface area (Å²) < 4.78 is 46.4. The highest BCUT2D eigenvalue weighted by Gasteiger charge is 2.34. The smallest absolute Gasteiger partial charge is 0.420 e. The molecule has 0 spiro atoms. The van der Waals surface area contributed by atoms with Gasteiger partial charge in [-0.1, -0.05) is 39.0 Å². The van der Waals surface area contributed by atoms with Gasteiger partial charge in [0.1, 0.15) is 11.6 Å². The number of benzene rings is 1. The summed E-state index contributed by atoms with van der Waals surface area (Å²) in [6.07, 6.45) is 3.37. The van der Waals surface area contributed by atoms with Crippen LogP contribution in [0.4, 0.5) is 29.8 Å². The number of ether oxygens (including phenoxy) is 1. The summed E-state index contributed by atoms with van der Waals surface area (Å²) in [5.74, 6) is 0.302. The summed E-state index contributed by atoms with van der Waals surface area (Å²) in [6.45, 7) is 4.27. The normalized spacial score (nSPS) is 11.5. The molecule has 0 saturated carbocycles. The van der Waals surface area contributed by atoms with E-state index in [-0.39, 0.29) is 12.4 Å². The molecule has 0 aliphatic carbocycles. The van der Waals surface area contributed by atoms with Crippen molar-refractivity contribution in [2.45, 2.75) is 58.5 Å². The molecule has 0 aliphatic heterocycles. The highest BCUT2D eigenvalue weighted by molar-refractivity contribution is 7.14. The second-order valence-corrected chi connectivity index (χ2v) is 8.77. The first-order valence-corrected chi connectivity index (χ1v) is 11.9. The van der Waals surface area contributed by atoms with E-state index in [2.05, 4.69) is 22.2 Å². The Labute approximate surface area is 196 Å². The first-order valence-electron chi connectivity index (χ1n) is 11.1. The molecule has 0 aliphatic rings. The third kappa shape index (κ3) is 7.08. The van der Waals surface area contributed by atoms with Gasteiger partial charge in [0.15, 0.2) is 5.13 Å². The molecule has 0 unspecified atom stereocenters. The summed E-state index contributed by atoms with van der Waals surface area (Å²) in [5.41, 5.74) is 7.55. The minimum absolute atomic E-state index is 0.148. The van der Waals surface area contributed by atoms with Crippen LogP contribution in [-0.4, -0.2) is 16.6 Å². The third-order valence-corrected chi connectivity index (χ3v) is 5.97. The maximum absolute atomic E-state index is 13.6. The van der Waals surface area contributed by atoms with Gasteiger partial charge in [-0.15, -0.1) is 11.3 Å². The summed E-state index contributed by atoms with van der Waals surface area (Å²) in [4.78, 5) is 8.59. The lowest BCUT2D eigenvalue weighted by atomic mass is 10.1. The Morgan fingerprint density at radius 3 is 2.58 bits per heavy atom. The summed E-state index contributed by atoms with van der Waals surface area (Å²) >= 11 is 1.30. The molecule has 3 rings (SSSR count). The number of hydrogen-bond acceptors (Lipinski definition) is 6. The van der Waals surface area contributed by atoms with E-state index in [1.165, 1.54) is 23.8 Å². The second kappa shape index (κ2) is 11.4. The molecule has 0 radical (unpaired) electrons. The van der Waals surface area contributed by atoms with Gasteiger partial charge in [0.05, 0.1) is 17.9 Å². The van der Waals surface area contributed by atoms with Gasteiger partial charge < -0.3 is 15.8 Å². The molecule has 5 nitrogen and oxygen atoms in total. The lowest BCUT2D eigenvalue weighted by Gasteiger charge is -2.15. The van der Waals surface area contributed by atoms with Gasteiger partial charge in [-0.05, 0) is 43.2 Å². The largest absolute Gasteiger partial charge is 0.493 e. The zero-order valence-electron chi connectivity index (χ0n) is 18.8. The number of nitrogens with one attached hydrogen (secondary N) is 1. The maximum atomic E-state index is 13.6. The van der Waals surface area contributed by atoms with Gasteiger partial charge in [0, 0.05) is 22.8 Å². The highest BCUT2D eigenvalue weighted by atomic mass is 32.1. The van der Waals surface area contributed by atoms with E-state index in [9.17, 15) is 13.2 Å². The number of nitrogen functional groups attached to an aromatic ring is 1. The van der Waals surface area contributed by atoms with E-state index in [1.54, 1.807) is 12.3 Å². The Bertz CT molecular complexity index is 1050. The van der Waals surface area contributed by atoms with Gasteiger partial charge in [0.25, 0.3) is 0 Å². The quantitative estimate of drug-likeness (QED) is 0.278. The van der Waals surface area contributed by atoms with Gasteiger partial charge in [0.2, 0.25) is 0 Å². The van der Waals surface area contributed by atoms with Gasteiger partial charge in [-0.3, -0.25) is 0 Å². The number of aromatic nitrogens is 2. The molecule has 2 heterocycles. The molecule has 0 amide bonds. The summed E-state index contributed by atoms with van der Waals surface area (Å²) in [5, 5.41) is 5.26. The zero-order chi connectivity index (χ0) is 23.8. The van der Waals surface area contributed by atoms with E-state index < -0.39 is 11.7 Å². The van der Waals surface area contributed by atoms with Crippen LogP contribution in [0.25, 0.3) is 11.3 Å². The molecule has 3 N–H and O–H groups in total. The van der Waals surface area contributed by atoms with Gasteiger partial charge >= 0.3 is 6.18 Å². The minimum atomic E-state index is -4.52. The summed E-state index contributed by atoms with van der Waals surface area (Å²) in [6, 6.07) is 5.87. The number of halogens is 3. The second-order valence-electron chi connectivity index (χ2n) is 7.91. The third-order valence-electron chi connectivity index (χ3n) is 5.21. The molecule has 3 aromatic rings. The van der Waals surface area contributed by atoms with E-state index in [1.807, 2.05) is 18.4 Å². The lowest BCUT2D eigenvalue weighted by molar-refractivity contribution is -0.138. The van der Waals surface area contributed by atoms with Crippen molar-refractivity contribution in [1.29, 1.82) is 0 Å². The number of thiazole rings is 1. The van der Waals surface area contributed by atoms with Gasteiger partial charge in [-0.25, -0.2) is 9.97 Å². The Balaban J connectivity index is 1.66. The number of rotatable bonds is 11. The number of nitrogens with zero attached hydrogens (tertiary/aromatic N) is 2. The Hall–Kier alpha value is -2.81. The molecule has 2 aromatic heterocycles. The average molecular weight is 479 g/mol. The van der Waals surface area contributed by atoms with Crippen molar-refractivity contribution in [3.05, 3.63) is 47.0 Å². The highest BCUT2D eigenvalue weighted by Crippen LogP contribution is 2.39. The number of nitrogens with two attached hydrogens (primary N) is 1. The number of unbranched alkanes of at least 4 members (excludes halogenated alkanes) is 5. The SMILES string of the molecule is CCCCCCCCOc1ccc(Nc2nc(-c3cnc(N)c(C)c3)cs2)cc1C(F)(F)F. The molecule has 9 heteroatoms. The Morgan fingerprint density at radius 1 is 1.09 bits per heavy atom. The van der Waals surface area contributed by atoms with Crippen molar-refractivity contribution in [2.75, 3.05) is 17.7 Å². The average Bonchev–Trinajstić information content (AvgIpc) is 3.23. The van der Waals surface area contributed by atoms with Crippen molar-refractivity contribution in [3.63, 3.8) is 0 Å². The van der Waals surface area contributed by atoms with E-state index in [0.717, 1.165) is 49.3 Å². The molecular formula is C24H29F3N4OS. The first-order chi connectivity index (χ1) is 15.8. The predicted molar refractivity (Wildman–Crippen MR) is 128 cm³/mol. The molecule has 0 saturated heterocycles. The van der Waals surface area contributed by atoms with Crippen LogP contribution in [0, 0.1) is 6.92 Å². The van der Waals surface area contributed by atoms with Crippen LogP contribution in [0.2, 0.25) is 0 Å². The van der Waals surface area contributed by atoms with Crippen LogP contribution in [0.5, 0.6) is 5.75 Å². The topological polar surface area (TPSA) is 73.1 Å². The van der Waals surface area contributed by atoms with Crippen molar-refractivity contribution in [1.82, 2.24) is 9.97 Å². The molecule has 0 atom stereocenters. The predicted octanol–water partition coefficient (Wildman–Crippen LogP) is 7.60. The fourth-order valence-electron chi connectivity index (χ4n) is 3.33. The Kier molecular flexibility index (Phi) is 8.55. The fraction of sp³-hybridized carbons (Fsp3) is 0.417. The zero-order valence-corrected chi connectivity index (χ0v) is 19.7. The number of alkyl halides is 3. The lowest BCUT2D eigenvalue weighted by Crippen LogP contribution is -2.10. The van der Waals surface area contributed by atoms with E-state index >= 15 is 0 Å². The number of aryl methyl sites for hydroxylation is 1. The molecule has 0 fully saturated rings. The minimum Gasteiger partial charge on any atom is -0.493 e. The molecule has 33 heavy (non-hydrogen) atoms. The van der Waals surface area contributed by atoms with E-state index in [4.69, 9.17) is 10.5 Å². The standard InChI is InChI=1S/C24H29F3N4OS/c1-3-4-5-6-7-8-11-32-21-10-9-18(13-19(21)24(25,26)27)30-23-31-20(15-33-23)17-12-16(2)22(28)29-14-17/h9-10,12-15H,3-8,11H2,1-2H3,(H2,28,29)(H,30,31). The van der Waals surface area contributed by atoms with Crippen LogP contribution in [0.3, 0.4) is 0 Å². The van der Waals surface area contributed by atoms with Crippen LogP contribution in [0.1, 0.15) is 56.6 Å². The Morgan fingerprint density at radius 2 is 1.85 bits per heavy atom. The monoisotopic (exact) mass is 478 g/mol. The first kappa shape index (κ1) is 24.8. The van der Waals surface area contributed by atoms with Crippen LogP contribution in [-0.2, 0) is 6.18 Å². The van der Waals surface area contributed by atoms with Crippen molar-refractivity contribution in [3.8, 4) is 17.0 Å². The number of hydrogen-bond donors (Lipinski definition) is 2.